The third-order valence-electron chi connectivity index (χ3n) is 0. The molecule has 0 aromatic heterocycles. The summed E-state index contributed by atoms with van der Waals surface area (Å²) in [5.74, 6) is 0. The van der Waals surface area contributed by atoms with Crippen molar-refractivity contribution in [2.24, 2.45) is 0 Å². The molecule has 0 unspecified atom stereocenters. The Labute approximate surface area is 195 Å². The molecular formula is H3GaHoScTbYYb. The summed E-state index contributed by atoms with van der Waals surface area (Å²) in [5.41, 5.74) is 0. The van der Waals surface area contributed by atoms with Gasteiger partial charge in [-0.25, -0.2) is 0 Å². The zero-order valence-electron chi connectivity index (χ0n) is 2.06. The largest absolute Gasteiger partial charge is 0 e. The summed E-state index contributed by atoms with van der Waals surface area (Å²) in [6.07, 6.45) is 0. The number of hydrogen-bond donors (Lipinski definition) is 0. The van der Waals surface area contributed by atoms with Crippen LogP contribution in [0.3, 0.4) is 0 Å². The van der Waals surface area contributed by atoms with E-state index in [1.54, 1.807) is 0 Å². The molecule has 6 heavy (non-hydrogen) atoms. The average molecular weight is 704 g/mol. The van der Waals surface area contributed by atoms with Crippen LogP contribution in [0.5, 0.6) is 0 Å². The van der Waals surface area contributed by atoms with Gasteiger partial charge in [-0.2, -0.15) is 0 Å². The van der Waals surface area contributed by atoms with Crippen molar-refractivity contribution in [3.8, 4) is 0 Å². The van der Waals surface area contributed by atoms with Crippen LogP contribution in [0, 0.1) is 123 Å². The van der Waals surface area contributed by atoms with Gasteiger partial charge in [-0.3, -0.25) is 0 Å². The van der Waals surface area contributed by atoms with Gasteiger partial charge in [0.1, 0.15) is 0 Å². The third-order valence-corrected chi connectivity index (χ3v) is 0. The maximum Gasteiger partial charge on any atom is 0 e. The smallest absolute Gasteiger partial charge is 0 e. The monoisotopic (exact) mass is 704 g/mol. The molecule has 0 saturated carbocycles. The summed E-state index contributed by atoms with van der Waals surface area (Å²) in [4.78, 5) is 0. The van der Waals surface area contributed by atoms with Crippen molar-refractivity contribution in [3.05, 3.63) is 0 Å². The van der Waals surface area contributed by atoms with Crippen LogP contribution in [-0.4, -0.2) is 19.8 Å². The quantitative estimate of drug-likeness (QED) is 0.279. The molecule has 0 amide bonds. The van der Waals surface area contributed by atoms with Crippen molar-refractivity contribution in [1.29, 1.82) is 0 Å². The van der Waals surface area contributed by atoms with E-state index < -0.39 is 0 Å². The Kier molecular flexibility index (Phi) is 193. The van der Waals surface area contributed by atoms with Crippen LogP contribution in [-0.2, 0) is 58.6 Å². The molecule has 0 aromatic rings. The molecule has 0 heterocycles. The van der Waals surface area contributed by atoms with Crippen molar-refractivity contribution in [1.82, 2.24) is 0 Å². The zero-order chi connectivity index (χ0) is 0. The van der Waals surface area contributed by atoms with Gasteiger partial charge >= 0.3 is 19.8 Å². The first-order valence-electron chi connectivity index (χ1n) is 0. The Hall–Kier alpha value is 6.68. The van der Waals surface area contributed by atoms with E-state index in [9.17, 15) is 0 Å². The van der Waals surface area contributed by atoms with Crippen LogP contribution in [0.15, 0.2) is 0 Å². The molecule has 0 spiro atoms. The molecule has 4 radical (unpaired) electrons. The maximum absolute atomic E-state index is 0. The Morgan fingerprint density at radius 2 is 1.00 bits per heavy atom. The summed E-state index contributed by atoms with van der Waals surface area (Å²) in [6.45, 7) is 0. The van der Waals surface area contributed by atoms with Crippen LogP contribution in [0.4, 0.5) is 0 Å². The first-order valence-corrected chi connectivity index (χ1v) is 0. The fraction of sp³-hybridized carbons (Fsp3) is 0. The molecule has 0 rings (SSSR count). The van der Waals surface area contributed by atoms with Gasteiger partial charge in [-0.1, -0.05) is 0 Å². The molecule has 0 nitrogen and oxygen atoms in total. The maximum atomic E-state index is 0. The molecule has 6 heteroatoms. The van der Waals surface area contributed by atoms with Crippen LogP contribution in [0.1, 0.15) is 0 Å². The topological polar surface area (TPSA) is 0 Å². The standard InChI is InChI=1S/Ga.Ho.Sc.Tb.Y.Yb.3H. The Bertz CT molecular complexity index is 15.5. The van der Waals surface area contributed by atoms with E-state index in [0.717, 1.165) is 0 Å². The summed E-state index contributed by atoms with van der Waals surface area (Å²) in [7, 11) is 0. The predicted octanol–water partition coefficient (Wildman–Crippen LogP) is -1.19. The molecule has 0 aliphatic heterocycles. The normalized spacial score (nSPS) is 0. The minimum absolute atomic E-state index is 0. The van der Waals surface area contributed by atoms with Gasteiger partial charge in [0.15, 0.2) is 0 Å². The molecule has 0 aliphatic rings. The summed E-state index contributed by atoms with van der Waals surface area (Å²) >= 11 is 0. The van der Waals surface area contributed by atoms with Gasteiger partial charge in [0, 0.05) is 182 Å². The van der Waals surface area contributed by atoms with E-state index in [4.69, 9.17) is 0 Å². The Morgan fingerprint density at radius 1 is 1.00 bits per heavy atom. The Morgan fingerprint density at radius 3 is 1.00 bits per heavy atom. The second kappa shape index (κ2) is 29.9. The molecule has 0 saturated heterocycles. The van der Waals surface area contributed by atoms with E-state index in [2.05, 4.69) is 0 Å². The molecule has 0 fully saturated rings. The minimum atomic E-state index is 0. The fourth-order valence-electron chi connectivity index (χ4n) is 0. The molecule has 0 N–H and O–H groups in total. The van der Waals surface area contributed by atoms with Gasteiger partial charge in [0.05, 0.1) is 0 Å². The molecule has 0 aliphatic carbocycles. The molecule has 0 atom stereocenters. The van der Waals surface area contributed by atoms with Gasteiger partial charge in [0.25, 0.3) is 0 Å². The average Bonchev–Trinajstić information content (AvgIpc) is 0. The second-order valence-electron chi connectivity index (χ2n) is 0. The predicted molar refractivity (Wildman–Crippen MR) is 9.94 cm³/mol. The second-order valence-corrected chi connectivity index (χ2v) is 0. The van der Waals surface area contributed by atoms with Gasteiger partial charge in [-0.15, -0.1) is 0 Å². The van der Waals surface area contributed by atoms with E-state index in [1.807, 2.05) is 0 Å². The van der Waals surface area contributed by atoms with Crippen LogP contribution < -0.4 is 0 Å². The third kappa shape index (κ3) is 22.4. The first-order chi connectivity index (χ1) is 0. The summed E-state index contributed by atoms with van der Waals surface area (Å²) < 4.78 is 0. The molecule has 0 bridgehead atoms. The van der Waals surface area contributed by atoms with E-state index in [-0.39, 0.29) is 202 Å². The molecule has 0 aromatic carbocycles. The van der Waals surface area contributed by atoms with Crippen molar-refractivity contribution < 1.29 is 182 Å². The van der Waals surface area contributed by atoms with Crippen LogP contribution in [0.25, 0.3) is 0 Å². The Balaban J connectivity index is 0. The van der Waals surface area contributed by atoms with E-state index in [0.29, 0.717) is 0 Å². The van der Waals surface area contributed by atoms with Crippen molar-refractivity contribution in [2.45, 2.75) is 0 Å². The first kappa shape index (κ1) is 38.8. The van der Waals surface area contributed by atoms with E-state index >= 15 is 0 Å². The van der Waals surface area contributed by atoms with Crippen LogP contribution in [0.2, 0.25) is 0 Å². The summed E-state index contributed by atoms with van der Waals surface area (Å²) in [5, 5.41) is 0. The van der Waals surface area contributed by atoms with Crippen molar-refractivity contribution in [3.63, 3.8) is 0 Å². The van der Waals surface area contributed by atoms with Crippen LogP contribution >= 0.6 is 0 Å². The number of rotatable bonds is 0. The van der Waals surface area contributed by atoms with Gasteiger partial charge in [-0.05, 0) is 0 Å². The molecule has 46 valence electrons. The van der Waals surface area contributed by atoms with Gasteiger partial charge < -0.3 is 0 Å². The van der Waals surface area contributed by atoms with Gasteiger partial charge in [0.2, 0.25) is 0 Å². The van der Waals surface area contributed by atoms with Crippen molar-refractivity contribution in [2.75, 3.05) is 0 Å². The molecular weight excluding hydrogens is 700 g/mol. The summed E-state index contributed by atoms with van der Waals surface area (Å²) in [6, 6.07) is 0. The zero-order valence-corrected chi connectivity index (χ0v) is 12.5. The van der Waals surface area contributed by atoms with Crippen molar-refractivity contribution >= 4 is 19.8 Å². The number of hydrogen-bond acceptors (Lipinski definition) is 0. The fourth-order valence-corrected chi connectivity index (χ4v) is 0. The minimum Gasteiger partial charge on any atom is 0 e. The SMILES string of the molecule is [GaH3].[Ho].[Sc].[Tb].[Y].[Yb]. The van der Waals surface area contributed by atoms with E-state index in [1.165, 1.54) is 0 Å².